The van der Waals surface area contributed by atoms with Gasteiger partial charge in [0.1, 0.15) is 23.9 Å². The number of ether oxygens (including phenoxy) is 4. The summed E-state index contributed by atoms with van der Waals surface area (Å²) in [6.07, 6.45) is -0.146. The van der Waals surface area contributed by atoms with E-state index in [0.29, 0.717) is 30.4 Å². The first-order chi connectivity index (χ1) is 16.8. The van der Waals surface area contributed by atoms with Crippen LogP contribution in [0.3, 0.4) is 0 Å². The summed E-state index contributed by atoms with van der Waals surface area (Å²) in [6, 6.07) is 0. The Hall–Kier alpha value is -3.06. The van der Waals surface area contributed by atoms with Crippen molar-refractivity contribution in [2.75, 3.05) is 12.3 Å². The van der Waals surface area contributed by atoms with Gasteiger partial charge < -0.3 is 29.7 Å². The Bertz CT molecular complexity index is 1120. The minimum Gasteiger partial charge on any atom is -0.463 e. The van der Waals surface area contributed by atoms with E-state index in [-0.39, 0.29) is 36.5 Å². The van der Waals surface area contributed by atoms with Crippen LogP contribution >= 0.6 is 12.2 Å². The van der Waals surface area contributed by atoms with Gasteiger partial charge in [0.2, 0.25) is 0 Å². The van der Waals surface area contributed by atoms with E-state index in [0.717, 1.165) is 0 Å². The molecule has 0 aliphatic carbocycles. The first-order valence-electron chi connectivity index (χ1n) is 11.7. The van der Waals surface area contributed by atoms with Crippen LogP contribution in [-0.4, -0.2) is 62.3 Å². The number of hydrogen-bond donors (Lipinski definition) is 2. The molecule has 13 heteroatoms. The summed E-state index contributed by atoms with van der Waals surface area (Å²) in [7, 11) is 0. The molecule has 192 valence electrons. The van der Waals surface area contributed by atoms with Gasteiger partial charge in [-0.2, -0.15) is 0 Å². The normalized spacial score (nSPS) is 21.7. The van der Waals surface area contributed by atoms with Crippen LogP contribution in [-0.2, 0) is 33.3 Å². The van der Waals surface area contributed by atoms with Gasteiger partial charge >= 0.3 is 17.9 Å². The maximum atomic E-state index is 12.5. The van der Waals surface area contributed by atoms with Crippen LogP contribution in [0.1, 0.15) is 65.5 Å². The minimum absolute atomic E-state index is 0.0674. The fourth-order valence-corrected chi connectivity index (χ4v) is 4.01. The largest absolute Gasteiger partial charge is 0.463 e. The molecule has 0 saturated carbocycles. The number of nitrogens with two attached hydrogens (primary N) is 1. The molecular weight excluding hydrogens is 478 g/mol. The molecule has 3 heterocycles. The second-order valence-electron chi connectivity index (χ2n) is 8.18. The van der Waals surface area contributed by atoms with Crippen molar-refractivity contribution in [1.82, 2.24) is 19.5 Å². The molecule has 12 nitrogen and oxygen atoms in total. The smallest absolute Gasteiger partial charge is 0.306 e. The molecule has 0 amide bonds. The van der Waals surface area contributed by atoms with E-state index in [9.17, 15) is 14.4 Å². The predicted octanol–water partition coefficient (Wildman–Crippen LogP) is 2.74. The third-order valence-corrected chi connectivity index (χ3v) is 5.62. The van der Waals surface area contributed by atoms with Crippen LogP contribution < -0.4 is 5.73 Å². The number of anilines is 1. The zero-order chi connectivity index (χ0) is 25.5. The number of esters is 3. The Morgan fingerprint density at radius 3 is 2.29 bits per heavy atom. The Morgan fingerprint density at radius 1 is 1.06 bits per heavy atom. The van der Waals surface area contributed by atoms with Crippen LogP contribution in [0.25, 0.3) is 11.2 Å². The van der Waals surface area contributed by atoms with E-state index in [1.807, 2.05) is 20.8 Å². The quantitative estimate of drug-likeness (QED) is 0.260. The lowest BCUT2D eigenvalue weighted by Gasteiger charge is -2.25. The van der Waals surface area contributed by atoms with Gasteiger partial charge in [-0.1, -0.05) is 33.0 Å². The molecule has 3 rings (SSSR count). The molecule has 1 fully saturated rings. The van der Waals surface area contributed by atoms with Crippen molar-refractivity contribution >= 4 is 47.2 Å². The molecule has 1 aliphatic heterocycles. The standard InChI is InChI=1S/C22H31N5O7S/c1-4-7-13(28)31-10-12-17(33-14(29)8-5-2)18(34-15(30)9-6-3)21(32-12)27-11-24-16-19(27)25-22(23)26-20(16)35/h11-12,17-18,21H,4-10H2,1-3H3,(H3,23,25,26,35). The first kappa shape index (κ1) is 26.5. The van der Waals surface area contributed by atoms with Crippen molar-refractivity contribution in [1.29, 1.82) is 0 Å². The van der Waals surface area contributed by atoms with Crippen LogP contribution in [0.2, 0.25) is 0 Å². The average molecular weight is 510 g/mol. The molecule has 0 radical (unpaired) electrons. The number of nitrogens with zero attached hydrogens (tertiary/aromatic N) is 3. The number of nitrogen functional groups attached to an aromatic ring is 1. The van der Waals surface area contributed by atoms with Gasteiger partial charge in [0, 0.05) is 19.3 Å². The van der Waals surface area contributed by atoms with Gasteiger partial charge in [-0.05, 0) is 19.3 Å². The van der Waals surface area contributed by atoms with E-state index in [2.05, 4.69) is 15.0 Å². The number of hydrogen-bond acceptors (Lipinski definition) is 11. The number of aromatic amines is 1. The maximum absolute atomic E-state index is 12.5. The number of fused-ring (bicyclic) bond motifs is 1. The summed E-state index contributed by atoms with van der Waals surface area (Å²) < 4.78 is 24.7. The van der Waals surface area contributed by atoms with Crippen molar-refractivity contribution in [3.05, 3.63) is 11.0 Å². The number of rotatable bonds is 11. The highest BCUT2D eigenvalue weighted by atomic mass is 32.1. The summed E-state index contributed by atoms with van der Waals surface area (Å²) in [5.74, 6) is -1.30. The number of H-pyrrole nitrogens is 1. The van der Waals surface area contributed by atoms with Crippen molar-refractivity contribution < 1.29 is 33.3 Å². The molecule has 2 aromatic rings. The number of nitrogens with one attached hydrogen (secondary N) is 1. The van der Waals surface area contributed by atoms with Crippen molar-refractivity contribution in [3.8, 4) is 0 Å². The van der Waals surface area contributed by atoms with Gasteiger partial charge in [0.15, 0.2) is 29.0 Å². The van der Waals surface area contributed by atoms with E-state index in [1.54, 1.807) is 4.57 Å². The van der Waals surface area contributed by atoms with Gasteiger partial charge in [-0.15, -0.1) is 0 Å². The summed E-state index contributed by atoms with van der Waals surface area (Å²) in [6.45, 7) is 5.36. The van der Waals surface area contributed by atoms with E-state index < -0.39 is 42.4 Å². The molecule has 1 aliphatic rings. The number of aromatic nitrogens is 4. The van der Waals surface area contributed by atoms with Gasteiger partial charge in [0.05, 0.1) is 6.33 Å². The van der Waals surface area contributed by atoms with Crippen LogP contribution in [0.4, 0.5) is 5.95 Å². The second kappa shape index (κ2) is 12.1. The predicted molar refractivity (Wildman–Crippen MR) is 126 cm³/mol. The molecule has 0 spiro atoms. The zero-order valence-corrected chi connectivity index (χ0v) is 20.8. The van der Waals surface area contributed by atoms with Crippen LogP contribution in [0.5, 0.6) is 0 Å². The van der Waals surface area contributed by atoms with Gasteiger partial charge in [-0.25, -0.2) is 9.97 Å². The average Bonchev–Trinajstić information content (AvgIpc) is 3.34. The fraction of sp³-hybridized carbons (Fsp3) is 0.636. The molecule has 4 unspecified atom stereocenters. The van der Waals surface area contributed by atoms with Gasteiger partial charge in [0.25, 0.3) is 0 Å². The Morgan fingerprint density at radius 2 is 1.66 bits per heavy atom. The molecule has 35 heavy (non-hydrogen) atoms. The first-order valence-corrected chi connectivity index (χ1v) is 12.1. The monoisotopic (exact) mass is 509 g/mol. The molecule has 0 aromatic carbocycles. The molecule has 1 saturated heterocycles. The van der Waals surface area contributed by atoms with Gasteiger partial charge in [-0.3, -0.25) is 19.0 Å². The third-order valence-electron chi connectivity index (χ3n) is 5.33. The second-order valence-corrected chi connectivity index (χ2v) is 8.57. The van der Waals surface area contributed by atoms with Crippen molar-refractivity contribution in [3.63, 3.8) is 0 Å². The Balaban J connectivity index is 2.01. The highest BCUT2D eigenvalue weighted by Crippen LogP contribution is 2.36. The highest BCUT2D eigenvalue weighted by molar-refractivity contribution is 7.71. The Kier molecular flexibility index (Phi) is 9.15. The zero-order valence-electron chi connectivity index (χ0n) is 20.0. The molecule has 3 N–H and O–H groups in total. The van der Waals surface area contributed by atoms with Crippen molar-refractivity contribution in [2.45, 2.75) is 83.8 Å². The fourth-order valence-electron chi connectivity index (χ4n) is 3.76. The lowest BCUT2D eigenvalue weighted by molar-refractivity contribution is -0.169. The number of carbonyl (C=O) groups is 3. The minimum atomic E-state index is -1.04. The summed E-state index contributed by atoms with van der Waals surface area (Å²) in [5.41, 5.74) is 6.61. The topological polar surface area (TPSA) is 161 Å². The Labute approximate surface area is 207 Å². The van der Waals surface area contributed by atoms with E-state index >= 15 is 0 Å². The highest BCUT2D eigenvalue weighted by Gasteiger charge is 2.51. The summed E-state index contributed by atoms with van der Waals surface area (Å²) >= 11 is 5.25. The van der Waals surface area contributed by atoms with Crippen LogP contribution in [0, 0.1) is 4.64 Å². The molecule has 4 atom stereocenters. The lowest BCUT2D eigenvalue weighted by atomic mass is 10.1. The lowest BCUT2D eigenvalue weighted by Crippen LogP contribution is -2.41. The summed E-state index contributed by atoms with van der Waals surface area (Å²) in [4.78, 5) is 48.2. The molecule has 2 aromatic heterocycles. The van der Waals surface area contributed by atoms with E-state index in [4.69, 9.17) is 36.9 Å². The number of carbonyl (C=O) groups excluding carboxylic acids is 3. The van der Waals surface area contributed by atoms with Crippen LogP contribution in [0.15, 0.2) is 6.33 Å². The van der Waals surface area contributed by atoms with E-state index in [1.165, 1.54) is 6.33 Å². The third kappa shape index (κ3) is 6.34. The maximum Gasteiger partial charge on any atom is 0.306 e. The number of imidazole rings is 1. The molecule has 0 bridgehead atoms. The SMILES string of the molecule is CCCC(=O)OCC1OC(n2cnc3c(=S)nc(N)[nH]c32)C(OC(=O)CCC)C1OC(=O)CCC. The summed E-state index contributed by atoms with van der Waals surface area (Å²) in [5, 5.41) is 0. The van der Waals surface area contributed by atoms with Crippen molar-refractivity contribution in [2.24, 2.45) is 0 Å². The molecular formula is C22H31N5O7S.